The third-order valence-corrected chi connectivity index (χ3v) is 7.46. The lowest BCUT2D eigenvalue weighted by molar-refractivity contribution is -0.0565. The van der Waals surface area contributed by atoms with Crippen molar-refractivity contribution in [3.63, 3.8) is 0 Å². The van der Waals surface area contributed by atoms with E-state index in [0.29, 0.717) is 0 Å². The number of hydrogen-bond acceptors (Lipinski definition) is 13. The lowest BCUT2D eigenvalue weighted by atomic mass is 9.92. The Morgan fingerprint density at radius 2 is 1.80 bits per heavy atom. The van der Waals surface area contributed by atoms with Gasteiger partial charge in [0.15, 0.2) is 12.1 Å². The van der Waals surface area contributed by atoms with Gasteiger partial charge in [-0.25, -0.2) is 9.36 Å². The summed E-state index contributed by atoms with van der Waals surface area (Å²) in [5, 5.41) is 49.5. The Morgan fingerprint density at radius 3 is 2.37 bits per heavy atom. The first kappa shape index (κ1) is 28.0. The summed E-state index contributed by atoms with van der Waals surface area (Å²) in [6.07, 6.45) is -10.1. The second kappa shape index (κ2) is 10.4. The molecule has 0 radical (unpaired) electrons. The number of nitrogens with two attached hydrogens (primary N) is 1. The van der Waals surface area contributed by atoms with Crippen molar-refractivity contribution in [2.24, 2.45) is 0 Å². The van der Waals surface area contributed by atoms with Crippen LogP contribution in [0.15, 0.2) is 28.7 Å². The Kier molecular flexibility index (Phi) is 8.35. The van der Waals surface area contributed by atoms with Gasteiger partial charge in [0.1, 0.15) is 36.3 Å². The first-order valence-corrected chi connectivity index (χ1v) is 13.1. The van der Waals surface area contributed by atoms with Crippen molar-refractivity contribution in [3.05, 3.63) is 34.4 Å². The molecule has 0 saturated carbocycles. The van der Waals surface area contributed by atoms with Crippen LogP contribution in [0.2, 0.25) is 0 Å². The standard InChI is InChI=1S/C16H25N3O14P2/c17-10-1-2-19(16(25)18-10)14-13(24)12(23)9(32-14)5-31-35(29,30)33-15(34(26,27)28)6-3-7(20)11(22)8(21)4-6/h1-3,7-9,11-15,20-24H,4-5H2,(H,29,30)(H2,17,18,25)(H2,26,27,28)/t7-,8-,9-,11+,12-,13-,14-,15-/m1/s1. The molecule has 2 heterocycles. The van der Waals surface area contributed by atoms with Gasteiger partial charge in [-0.2, -0.15) is 4.98 Å². The molecule has 1 aliphatic carbocycles. The van der Waals surface area contributed by atoms with Crippen LogP contribution in [0, 0.1) is 0 Å². The summed E-state index contributed by atoms with van der Waals surface area (Å²) < 4.78 is 39.7. The minimum Gasteiger partial charge on any atom is -0.390 e. The third kappa shape index (κ3) is 6.42. The van der Waals surface area contributed by atoms with E-state index < -0.39 is 88.4 Å². The van der Waals surface area contributed by atoms with E-state index in [9.17, 15) is 54.1 Å². The second-order valence-electron chi connectivity index (χ2n) is 7.89. The fraction of sp³-hybridized carbons (Fsp3) is 0.625. The van der Waals surface area contributed by atoms with Gasteiger partial charge in [-0.15, -0.1) is 0 Å². The van der Waals surface area contributed by atoms with Crippen LogP contribution < -0.4 is 11.4 Å². The number of rotatable bonds is 8. The zero-order chi connectivity index (χ0) is 26.3. The van der Waals surface area contributed by atoms with E-state index in [1.165, 1.54) is 6.07 Å². The van der Waals surface area contributed by atoms with Gasteiger partial charge in [0.05, 0.1) is 12.7 Å². The molecule has 0 aromatic carbocycles. The van der Waals surface area contributed by atoms with Crippen molar-refractivity contribution in [2.75, 3.05) is 12.3 Å². The molecule has 10 N–H and O–H groups in total. The molecule has 1 aliphatic heterocycles. The van der Waals surface area contributed by atoms with E-state index in [-0.39, 0.29) is 5.82 Å². The molecule has 1 aromatic rings. The minimum absolute atomic E-state index is 0.111. The molecule has 1 aromatic heterocycles. The number of aromatic nitrogens is 2. The molecule has 1 saturated heterocycles. The fourth-order valence-corrected chi connectivity index (χ4v) is 5.80. The van der Waals surface area contributed by atoms with Crippen molar-refractivity contribution in [1.82, 2.24) is 9.55 Å². The van der Waals surface area contributed by atoms with E-state index >= 15 is 0 Å². The van der Waals surface area contributed by atoms with Crippen molar-refractivity contribution in [2.45, 2.75) is 55.1 Å². The van der Waals surface area contributed by atoms with Gasteiger partial charge in [-0.1, -0.05) is 6.08 Å². The highest BCUT2D eigenvalue weighted by molar-refractivity contribution is 7.54. The largest absolute Gasteiger partial charge is 0.473 e. The molecule has 9 atom stereocenters. The topological polar surface area (TPSA) is 285 Å². The summed E-state index contributed by atoms with van der Waals surface area (Å²) in [7, 11) is -10.6. The van der Waals surface area contributed by atoms with Crippen molar-refractivity contribution < 1.29 is 63.1 Å². The number of phosphoric acid groups is 1. The highest BCUT2D eigenvalue weighted by Crippen LogP contribution is 2.56. The zero-order valence-corrected chi connectivity index (χ0v) is 19.4. The van der Waals surface area contributed by atoms with E-state index in [1.54, 1.807) is 0 Å². The highest BCUT2D eigenvalue weighted by Gasteiger charge is 2.47. The Balaban J connectivity index is 1.71. The molecule has 3 rings (SSSR count). The first-order chi connectivity index (χ1) is 16.1. The Hall–Kier alpha value is -1.56. The summed E-state index contributed by atoms with van der Waals surface area (Å²) in [5.74, 6) is -2.54. The second-order valence-corrected chi connectivity index (χ2v) is 10.9. The molecule has 0 bridgehead atoms. The van der Waals surface area contributed by atoms with Gasteiger partial charge in [0.25, 0.3) is 0 Å². The van der Waals surface area contributed by atoms with Crippen molar-refractivity contribution in [3.8, 4) is 0 Å². The van der Waals surface area contributed by atoms with Crippen LogP contribution in [-0.2, 0) is 22.9 Å². The lowest BCUT2D eigenvalue weighted by Gasteiger charge is -2.32. The fourth-order valence-electron chi connectivity index (χ4n) is 3.54. The van der Waals surface area contributed by atoms with E-state index in [0.717, 1.165) is 16.8 Å². The minimum atomic E-state index is -5.33. The molecule has 35 heavy (non-hydrogen) atoms. The van der Waals surface area contributed by atoms with Gasteiger partial charge < -0.3 is 50.7 Å². The van der Waals surface area contributed by atoms with Crippen LogP contribution in [0.1, 0.15) is 12.6 Å². The smallest absolute Gasteiger partial charge is 0.390 e. The molecule has 19 heteroatoms. The number of ether oxygens (including phenoxy) is 1. The average Bonchev–Trinajstić information content (AvgIpc) is 3.02. The molecule has 0 amide bonds. The van der Waals surface area contributed by atoms with Gasteiger partial charge >= 0.3 is 21.1 Å². The number of nitrogens with zero attached hydrogens (tertiary/aromatic N) is 2. The quantitative estimate of drug-likeness (QED) is 0.113. The van der Waals surface area contributed by atoms with Crippen molar-refractivity contribution >= 4 is 21.2 Å². The lowest BCUT2D eigenvalue weighted by Crippen LogP contribution is -2.41. The van der Waals surface area contributed by atoms with Crippen LogP contribution in [0.5, 0.6) is 0 Å². The Labute approximate surface area is 196 Å². The van der Waals surface area contributed by atoms with E-state index in [2.05, 4.69) is 14.0 Å². The summed E-state index contributed by atoms with van der Waals surface area (Å²) in [6.45, 7) is -0.934. The maximum absolute atomic E-state index is 12.4. The molecule has 0 spiro atoms. The van der Waals surface area contributed by atoms with E-state index in [4.69, 9.17) is 10.5 Å². The zero-order valence-electron chi connectivity index (χ0n) is 17.7. The Bertz CT molecular complexity index is 1110. The number of nitrogen functional groups attached to an aromatic ring is 1. The van der Waals surface area contributed by atoms with Crippen LogP contribution in [0.25, 0.3) is 0 Å². The number of hydrogen-bond donors (Lipinski definition) is 9. The van der Waals surface area contributed by atoms with Crippen LogP contribution in [0.4, 0.5) is 5.82 Å². The maximum Gasteiger partial charge on any atom is 0.473 e. The Morgan fingerprint density at radius 1 is 1.14 bits per heavy atom. The number of phosphoric ester groups is 1. The molecule has 17 nitrogen and oxygen atoms in total. The molecule has 198 valence electrons. The van der Waals surface area contributed by atoms with Gasteiger partial charge in [-0.3, -0.25) is 18.2 Å². The highest BCUT2D eigenvalue weighted by atomic mass is 31.2. The van der Waals surface area contributed by atoms with E-state index in [1.807, 2.05) is 0 Å². The average molecular weight is 545 g/mol. The van der Waals surface area contributed by atoms with Crippen molar-refractivity contribution in [1.29, 1.82) is 0 Å². The van der Waals surface area contributed by atoms with Crippen LogP contribution in [0.3, 0.4) is 0 Å². The summed E-state index contributed by atoms with van der Waals surface area (Å²) >= 11 is 0. The number of aliphatic hydroxyl groups excluding tert-OH is 5. The predicted molar refractivity (Wildman–Crippen MR) is 112 cm³/mol. The van der Waals surface area contributed by atoms with Gasteiger partial charge in [0.2, 0.25) is 0 Å². The maximum atomic E-state index is 12.4. The predicted octanol–water partition coefficient (Wildman–Crippen LogP) is -3.51. The number of aliphatic hydroxyl groups is 5. The van der Waals surface area contributed by atoms with Crippen LogP contribution in [-0.4, -0.2) is 98.8 Å². The molecular formula is C16H25N3O14P2. The summed E-state index contributed by atoms with van der Waals surface area (Å²) in [6, 6.07) is 1.22. The SMILES string of the molecule is Nc1ccn([C@@H]2O[C@H](COP(=O)(O)O[C@@H](C3=C[C@@H](O)[C@H](O)[C@H](O)C3)P(=O)(O)O)[C@@H](O)[C@H]2O)c(=O)n1. The third-order valence-electron chi connectivity index (χ3n) is 5.29. The number of anilines is 1. The summed E-state index contributed by atoms with van der Waals surface area (Å²) in [5.41, 5.74) is 4.00. The molecule has 1 fully saturated rings. The molecule has 1 unspecified atom stereocenters. The van der Waals surface area contributed by atoms with Gasteiger partial charge in [-0.05, 0) is 11.6 Å². The monoisotopic (exact) mass is 545 g/mol. The molecule has 2 aliphatic rings. The first-order valence-electron chi connectivity index (χ1n) is 9.92. The molecular weight excluding hydrogens is 520 g/mol. The summed E-state index contributed by atoms with van der Waals surface area (Å²) in [4.78, 5) is 44.6. The normalized spacial score (nSPS) is 34.3. The van der Waals surface area contributed by atoms with Crippen LogP contribution >= 0.6 is 15.4 Å². The van der Waals surface area contributed by atoms with Gasteiger partial charge in [0, 0.05) is 12.6 Å².